The number of esters is 1. The number of ether oxygens (including phenoxy) is 1. The van der Waals surface area contributed by atoms with E-state index in [-0.39, 0.29) is 30.4 Å². The van der Waals surface area contributed by atoms with Crippen LogP contribution in [0.4, 0.5) is 0 Å². The molecular formula is C25H25NO3. The highest BCUT2D eigenvalue weighted by Gasteiger charge is 2.30. The molecule has 148 valence electrons. The fourth-order valence-corrected chi connectivity index (χ4v) is 4.22. The number of amides is 1. The maximum Gasteiger partial charge on any atom is 0.325 e. The monoisotopic (exact) mass is 387 g/mol. The average molecular weight is 387 g/mol. The van der Waals surface area contributed by atoms with Crippen LogP contribution in [0.3, 0.4) is 0 Å². The van der Waals surface area contributed by atoms with Crippen molar-refractivity contribution in [3.63, 3.8) is 0 Å². The lowest BCUT2D eigenvalue weighted by Crippen LogP contribution is -2.35. The number of rotatable bonds is 5. The summed E-state index contributed by atoms with van der Waals surface area (Å²) in [5.41, 5.74) is 1.78. The zero-order chi connectivity index (χ0) is 20.1. The van der Waals surface area contributed by atoms with Gasteiger partial charge in [0.1, 0.15) is 12.6 Å². The molecule has 3 aromatic rings. The highest BCUT2D eigenvalue weighted by atomic mass is 16.5. The lowest BCUT2D eigenvalue weighted by Gasteiger charge is -2.32. The van der Waals surface area contributed by atoms with Crippen molar-refractivity contribution in [2.75, 3.05) is 6.54 Å². The van der Waals surface area contributed by atoms with E-state index in [0.29, 0.717) is 5.56 Å². The largest absolute Gasteiger partial charge is 0.460 e. The first-order valence-electron chi connectivity index (χ1n) is 10.2. The van der Waals surface area contributed by atoms with Gasteiger partial charge in [-0.05, 0) is 47.7 Å². The van der Waals surface area contributed by atoms with E-state index in [1.54, 1.807) is 24.3 Å². The number of nitrogens with one attached hydrogen (secondary N) is 1. The van der Waals surface area contributed by atoms with Gasteiger partial charge in [-0.3, -0.25) is 9.59 Å². The maximum absolute atomic E-state index is 12.5. The van der Waals surface area contributed by atoms with Crippen molar-refractivity contribution >= 4 is 22.6 Å². The minimum absolute atomic E-state index is 0.119. The van der Waals surface area contributed by atoms with Crippen LogP contribution in [0.25, 0.3) is 10.8 Å². The summed E-state index contributed by atoms with van der Waals surface area (Å²) in [7, 11) is 0. The lowest BCUT2D eigenvalue weighted by molar-refractivity contribution is -0.150. The fraction of sp³-hybridized carbons (Fsp3) is 0.280. The van der Waals surface area contributed by atoms with Gasteiger partial charge in [0.15, 0.2) is 0 Å². The quantitative estimate of drug-likeness (QED) is 0.638. The highest BCUT2D eigenvalue weighted by Crippen LogP contribution is 2.38. The summed E-state index contributed by atoms with van der Waals surface area (Å²) in [6.07, 6.45) is 3.88. The molecule has 4 heteroatoms. The molecule has 0 radical (unpaired) electrons. The van der Waals surface area contributed by atoms with E-state index >= 15 is 0 Å². The Morgan fingerprint density at radius 3 is 2.45 bits per heavy atom. The molecule has 1 aliphatic carbocycles. The summed E-state index contributed by atoms with van der Waals surface area (Å²) in [6, 6.07) is 23.6. The average Bonchev–Trinajstić information content (AvgIpc) is 2.78. The molecule has 29 heavy (non-hydrogen) atoms. The summed E-state index contributed by atoms with van der Waals surface area (Å²) in [5.74, 6) is -0.466. The third-order valence-corrected chi connectivity index (χ3v) is 5.64. The van der Waals surface area contributed by atoms with Crippen molar-refractivity contribution < 1.29 is 14.3 Å². The van der Waals surface area contributed by atoms with E-state index < -0.39 is 0 Å². The maximum atomic E-state index is 12.5. The van der Waals surface area contributed by atoms with Crippen molar-refractivity contribution in [1.29, 1.82) is 0 Å². The van der Waals surface area contributed by atoms with Gasteiger partial charge in [-0.2, -0.15) is 0 Å². The minimum Gasteiger partial charge on any atom is -0.460 e. The molecule has 0 heterocycles. The second kappa shape index (κ2) is 8.91. The molecule has 1 N–H and O–H groups in total. The molecule has 0 aromatic heterocycles. The van der Waals surface area contributed by atoms with Crippen molar-refractivity contribution in [2.45, 2.75) is 37.7 Å². The predicted molar refractivity (Wildman–Crippen MR) is 114 cm³/mol. The number of benzene rings is 3. The van der Waals surface area contributed by atoms with E-state index in [2.05, 4.69) is 41.7 Å². The molecule has 0 saturated heterocycles. The first-order chi connectivity index (χ1) is 14.2. The Balaban J connectivity index is 1.44. The lowest BCUT2D eigenvalue weighted by atomic mass is 9.80. The first kappa shape index (κ1) is 19.2. The summed E-state index contributed by atoms with van der Waals surface area (Å²) in [5, 5.41) is 5.09. The number of hydrogen-bond donors (Lipinski definition) is 1. The Morgan fingerprint density at radius 1 is 0.862 bits per heavy atom. The molecule has 1 aliphatic rings. The fourth-order valence-electron chi connectivity index (χ4n) is 4.22. The zero-order valence-electron chi connectivity index (χ0n) is 16.3. The van der Waals surface area contributed by atoms with Crippen LogP contribution in [0.15, 0.2) is 72.8 Å². The smallest absolute Gasteiger partial charge is 0.325 e. The molecule has 1 amide bonds. The van der Waals surface area contributed by atoms with Crippen LogP contribution in [0.5, 0.6) is 0 Å². The first-order valence-corrected chi connectivity index (χ1v) is 10.2. The molecule has 1 fully saturated rings. The van der Waals surface area contributed by atoms with Crippen LogP contribution in [-0.4, -0.2) is 24.5 Å². The molecule has 4 rings (SSSR count). The molecule has 0 spiro atoms. The van der Waals surface area contributed by atoms with Gasteiger partial charge < -0.3 is 10.1 Å². The van der Waals surface area contributed by atoms with Crippen LogP contribution in [0, 0.1) is 0 Å². The Labute approximate surface area is 170 Å². The second-order valence-electron chi connectivity index (χ2n) is 7.54. The Bertz CT molecular complexity index is 994. The van der Waals surface area contributed by atoms with Gasteiger partial charge in [-0.15, -0.1) is 0 Å². The van der Waals surface area contributed by atoms with Crippen LogP contribution in [0.1, 0.15) is 47.5 Å². The number of fused-ring (bicyclic) bond motifs is 1. The van der Waals surface area contributed by atoms with Crippen molar-refractivity contribution in [2.24, 2.45) is 0 Å². The van der Waals surface area contributed by atoms with Gasteiger partial charge in [0.2, 0.25) is 0 Å². The van der Waals surface area contributed by atoms with E-state index in [0.717, 1.165) is 25.7 Å². The predicted octanol–water partition coefficient (Wildman–Crippen LogP) is 4.84. The molecule has 0 unspecified atom stereocenters. The second-order valence-corrected chi connectivity index (χ2v) is 7.54. The minimum atomic E-state index is -0.383. The molecule has 2 atom stereocenters. The molecule has 0 bridgehead atoms. The highest BCUT2D eigenvalue weighted by molar-refractivity contribution is 5.95. The third-order valence-electron chi connectivity index (χ3n) is 5.64. The zero-order valence-corrected chi connectivity index (χ0v) is 16.3. The summed E-state index contributed by atoms with van der Waals surface area (Å²) in [4.78, 5) is 24.6. The third kappa shape index (κ3) is 4.48. The van der Waals surface area contributed by atoms with Gasteiger partial charge >= 0.3 is 5.97 Å². The van der Waals surface area contributed by atoms with E-state index in [4.69, 9.17) is 4.74 Å². The Morgan fingerprint density at radius 2 is 1.59 bits per heavy atom. The topological polar surface area (TPSA) is 55.4 Å². The van der Waals surface area contributed by atoms with E-state index in [9.17, 15) is 9.59 Å². The van der Waals surface area contributed by atoms with Gasteiger partial charge in [-0.1, -0.05) is 67.1 Å². The summed E-state index contributed by atoms with van der Waals surface area (Å²) < 4.78 is 5.84. The number of carbonyl (C=O) groups is 2. The van der Waals surface area contributed by atoms with E-state index in [1.165, 1.54) is 16.3 Å². The van der Waals surface area contributed by atoms with E-state index in [1.807, 2.05) is 12.1 Å². The van der Waals surface area contributed by atoms with Crippen LogP contribution >= 0.6 is 0 Å². The Hall–Kier alpha value is -3.14. The molecule has 3 aromatic carbocycles. The SMILES string of the molecule is O=C(CNC(=O)c1ccccc1)O[C@H]1CCCC[C@@H]1c1cccc2ccccc12. The van der Waals surface area contributed by atoms with Gasteiger partial charge in [0.05, 0.1) is 0 Å². The van der Waals surface area contributed by atoms with Crippen molar-refractivity contribution in [3.05, 3.63) is 83.9 Å². The van der Waals surface area contributed by atoms with Crippen LogP contribution in [0.2, 0.25) is 0 Å². The van der Waals surface area contributed by atoms with Gasteiger partial charge in [0, 0.05) is 11.5 Å². The van der Waals surface area contributed by atoms with Gasteiger partial charge in [-0.25, -0.2) is 0 Å². The molecule has 1 saturated carbocycles. The van der Waals surface area contributed by atoms with Gasteiger partial charge in [0.25, 0.3) is 5.91 Å². The van der Waals surface area contributed by atoms with Crippen molar-refractivity contribution in [3.8, 4) is 0 Å². The molecule has 4 nitrogen and oxygen atoms in total. The Kier molecular flexibility index (Phi) is 5.89. The standard InChI is InChI=1S/C25H25NO3/c27-24(17-26-25(28)19-10-2-1-3-11-19)29-23-16-7-6-14-22(23)21-15-8-12-18-9-4-5-13-20(18)21/h1-5,8-13,15,22-23H,6-7,14,16-17H2,(H,26,28)/t22-,23+/m1/s1. The summed E-state index contributed by atoms with van der Waals surface area (Å²) in [6.45, 7) is -0.119. The number of carbonyl (C=O) groups excluding carboxylic acids is 2. The van der Waals surface area contributed by atoms with Crippen LogP contribution in [-0.2, 0) is 9.53 Å². The van der Waals surface area contributed by atoms with Crippen molar-refractivity contribution in [1.82, 2.24) is 5.32 Å². The number of hydrogen-bond acceptors (Lipinski definition) is 3. The summed E-state index contributed by atoms with van der Waals surface area (Å²) >= 11 is 0. The normalized spacial score (nSPS) is 18.9. The molecular weight excluding hydrogens is 362 g/mol. The molecule has 0 aliphatic heterocycles. The van der Waals surface area contributed by atoms with Crippen LogP contribution < -0.4 is 5.32 Å².